The lowest BCUT2D eigenvalue weighted by Gasteiger charge is -2.35. The van der Waals surface area contributed by atoms with Crippen LogP contribution < -0.4 is 14.8 Å². The highest BCUT2D eigenvalue weighted by Crippen LogP contribution is 2.35. The number of hydrogen-bond acceptors (Lipinski definition) is 5. The van der Waals surface area contributed by atoms with Crippen LogP contribution in [0.5, 0.6) is 11.5 Å². The number of fused-ring (bicyclic) bond motifs is 1. The molecule has 0 saturated carbocycles. The molecule has 0 spiro atoms. The minimum Gasteiger partial charge on any atom is -0.454 e. The van der Waals surface area contributed by atoms with Crippen molar-refractivity contribution in [2.24, 2.45) is 0 Å². The van der Waals surface area contributed by atoms with Crippen LogP contribution in [0.25, 0.3) is 0 Å². The van der Waals surface area contributed by atoms with Gasteiger partial charge in [0.15, 0.2) is 11.5 Å². The second-order valence-corrected chi connectivity index (χ2v) is 6.47. The summed E-state index contributed by atoms with van der Waals surface area (Å²) in [6, 6.07) is 11.7. The number of hydrogen-bond donors (Lipinski definition) is 1. The summed E-state index contributed by atoms with van der Waals surface area (Å²) >= 11 is 0. The fourth-order valence-electron chi connectivity index (χ4n) is 3.40. The molecule has 1 saturated heterocycles. The Morgan fingerprint density at radius 2 is 1.89 bits per heavy atom. The van der Waals surface area contributed by atoms with E-state index in [4.69, 9.17) is 14.2 Å². The number of amides is 1. The van der Waals surface area contributed by atoms with E-state index in [1.165, 1.54) is 12.1 Å². The van der Waals surface area contributed by atoms with Crippen LogP contribution in [0.2, 0.25) is 0 Å². The van der Waals surface area contributed by atoms with E-state index in [0.717, 1.165) is 24.4 Å². The molecule has 27 heavy (non-hydrogen) atoms. The number of carbonyl (C=O) groups is 1. The van der Waals surface area contributed by atoms with Crippen molar-refractivity contribution in [3.05, 3.63) is 59.4 Å². The monoisotopic (exact) mass is 372 g/mol. The van der Waals surface area contributed by atoms with E-state index < -0.39 is 11.7 Å². The third-order valence-corrected chi connectivity index (χ3v) is 4.84. The van der Waals surface area contributed by atoms with Gasteiger partial charge in [-0.2, -0.15) is 0 Å². The Morgan fingerprint density at radius 3 is 2.70 bits per heavy atom. The van der Waals surface area contributed by atoms with Crippen LogP contribution in [-0.2, 0) is 4.74 Å². The van der Waals surface area contributed by atoms with Gasteiger partial charge >= 0.3 is 0 Å². The third-order valence-electron chi connectivity index (χ3n) is 4.84. The van der Waals surface area contributed by atoms with Crippen molar-refractivity contribution in [2.45, 2.75) is 6.04 Å². The van der Waals surface area contributed by atoms with Gasteiger partial charge in [-0.25, -0.2) is 4.39 Å². The van der Waals surface area contributed by atoms with Gasteiger partial charge in [-0.15, -0.1) is 0 Å². The van der Waals surface area contributed by atoms with Crippen LogP contribution in [0.4, 0.5) is 4.39 Å². The maximum absolute atomic E-state index is 13.9. The lowest BCUT2D eigenvalue weighted by atomic mass is 10.0. The average Bonchev–Trinajstić information content (AvgIpc) is 3.17. The van der Waals surface area contributed by atoms with Crippen LogP contribution in [0.15, 0.2) is 42.5 Å². The molecule has 0 radical (unpaired) electrons. The number of morpholine rings is 1. The fraction of sp³-hybridized carbons (Fsp3) is 0.350. The van der Waals surface area contributed by atoms with Crippen molar-refractivity contribution in [1.82, 2.24) is 10.2 Å². The van der Waals surface area contributed by atoms with Crippen molar-refractivity contribution < 1.29 is 23.4 Å². The van der Waals surface area contributed by atoms with Crippen LogP contribution in [0, 0.1) is 5.82 Å². The summed E-state index contributed by atoms with van der Waals surface area (Å²) in [5, 5.41) is 2.87. The van der Waals surface area contributed by atoms with E-state index in [0.29, 0.717) is 25.5 Å². The highest BCUT2D eigenvalue weighted by molar-refractivity contribution is 5.94. The molecule has 1 fully saturated rings. The molecule has 1 atom stereocenters. The van der Waals surface area contributed by atoms with E-state index in [-0.39, 0.29) is 18.4 Å². The number of ether oxygens (including phenoxy) is 3. The standard InChI is InChI=1S/C20H21FN2O4/c21-16-4-2-1-3-15(16)20(24)22-12-17(23-7-9-25-10-8-23)14-5-6-18-19(11-14)27-13-26-18/h1-6,11,17H,7-10,12-13H2,(H,22,24). The molecule has 1 amide bonds. The smallest absolute Gasteiger partial charge is 0.254 e. The minimum absolute atomic E-state index is 0.0453. The predicted octanol–water partition coefficient (Wildman–Crippen LogP) is 2.36. The van der Waals surface area contributed by atoms with Gasteiger partial charge in [0, 0.05) is 19.6 Å². The van der Waals surface area contributed by atoms with Gasteiger partial charge in [-0.05, 0) is 29.8 Å². The summed E-state index contributed by atoms with van der Waals surface area (Å²) < 4.78 is 30.2. The maximum Gasteiger partial charge on any atom is 0.254 e. The van der Waals surface area contributed by atoms with E-state index in [1.807, 2.05) is 18.2 Å². The lowest BCUT2D eigenvalue weighted by Crippen LogP contribution is -2.43. The SMILES string of the molecule is O=C(NCC(c1ccc2c(c1)OCO2)N1CCOCC1)c1ccccc1F. The number of nitrogens with zero attached hydrogens (tertiary/aromatic N) is 1. The normalized spacial score (nSPS) is 17.5. The molecule has 4 rings (SSSR count). The molecule has 1 N–H and O–H groups in total. The first kappa shape index (κ1) is 17.8. The molecule has 2 aliphatic rings. The molecule has 0 bridgehead atoms. The summed E-state index contributed by atoms with van der Waals surface area (Å²) in [4.78, 5) is 14.7. The molecule has 7 heteroatoms. The van der Waals surface area contributed by atoms with Crippen molar-refractivity contribution in [2.75, 3.05) is 39.6 Å². The summed E-state index contributed by atoms with van der Waals surface area (Å²) in [5.74, 6) is 0.467. The van der Waals surface area contributed by atoms with Gasteiger partial charge < -0.3 is 19.5 Å². The molecule has 2 aliphatic heterocycles. The van der Waals surface area contributed by atoms with Gasteiger partial charge in [0.25, 0.3) is 5.91 Å². The molecule has 6 nitrogen and oxygen atoms in total. The maximum atomic E-state index is 13.9. The first-order chi connectivity index (χ1) is 13.2. The molecule has 0 aliphatic carbocycles. The van der Waals surface area contributed by atoms with Crippen LogP contribution >= 0.6 is 0 Å². The molecule has 0 aromatic heterocycles. The van der Waals surface area contributed by atoms with Crippen LogP contribution in [-0.4, -0.2) is 50.4 Å². The summed E-state index contributed by atoms with van der Waals surface area (Å²) in [6.07, 6.45) is 0. The zero-order valence-corrected chi connectivity index (χ0v) is 14.8. The summed E-state index contributed by atoms with van der Waals surface area (Å²) in [5.41, 5.74) is 1.05. The Balaban J connectivity index is 1.53. The molecule has 2 aromatic rings. The van der Waals surface area contributed by atoms with Gasteiger partial charge in [0.2, 0.25) is 6.79 Å². The van der Waals surface area contributed by atoms with Gasteiger partial charge in [-0.1, -0.05) is 18.2 Å². The Morgan fingerprint density at radius 1 is 1.11 bits per heavy atom. The summed E-state index contributed by atoms with van der Waals surface area (Å²) in [7, 11) is 0. The Labute approximate surface area is 156 Å². The van der Waals surface area contributed by atoms with Crippen molar-refractivity contribution in [3.8, 4) is 11.5 Å². The highest BCUT2D eigenvalue weighted by Gasteiger charge is 2.26. The van der Waals surface area contributed by atoms with E-state index in [2.05, 4.69) is 10.2 Å². The zero-order valence-electron chi connectivity index (χ0n) is 14.8. The Hall–Kier alpha value is -2.64. The Bertz CT molecular complexity index is 823. The first-order valence-electron chi connectivity index (χ1n) is 8.96. The minimum atomic E-state index is -0.527. The largest absolute Gasteiger partial charge is 0.454 e. The molecule has 142 valence electrons. The number of nitrogens with one attached hydrogen (secondary N) is 1. The molecule has 1 unspecified atom stereocenters. The first-order valence-corrected chi connectivity index (χ1v) is 8.96. The van der Waals surface area contributed by atoms with Gasteiger partial charge in [0.1, 0.15) is 5.82 Å². The number of rotatable bonds is 5. The molecule has 2 heterocycles. The van der Waals surface area contributed by atoms with E-state index in [9.17, 15) is 9.18 Å². The Kier molecular flexibility index (Phi) is 5.22. The number of carbonyl (C=O) groups excluding carboxylic acids is 1. The number of halogens is 1. The van der Waals surface area contributed by atoms with Crippen molar-refractivity contribution in [3.63, 3.8) is 0 Å². The number of benzene rings is 2. The van der Waals surface area contributed by atoms with Crippen LogP contribution in [0.3, 0.4) is 0 Å². The quantitative estimate of drug-likeness (QED) is 0.873. The lowest BCUT2D eigenvalue weighted by molar-refractivity contribution is 0.0162. The van der Waals surface area contributed by atoms with Crippen molar-refractivity contribution >= 4 is 5.91 Å². The molecular formula is C20H21FN2O4. The van der Waals surface area contributed by atoms with Crippen LogP contribution in [0.1, 0.15) is 22.0 Å². The predicted molar refractivity (Wildman–Crippen MR) is 96.4 cm³/mol. The fourth-order valence-corrected chi connectivity index (χ4v) is 3.40. The van der Waals surface area contributed by atoms with E-state index in [1.54, 1.807) is 12.1 Å². The molecule has 2 aromatic carbocycles. The summed E-state index contributed by atoms with van der Waals surface area (Å²) in [6.45, 7) is 3.37. The molecular weight excluding hydrogens is 351 g/mol. The second-order valence-electron chi connectivity index (χ2n) is 6.47. The topological polar surface area (TPSA) is 60.0 Å². The zero-order chi connectivity index (χ0) is 18.6. The highest BCUT2D eigenvalue weighted by atomic mass is 19.1. The third kappa shape index (κ3) is 3.89. The second kappa shape index (κ2) is 7.94. The van der Waals surface area contributed by atoms with Crippen molar-refractivity contribution in [1.29, 1.82) is 0 Å². The average molecular weight is 372 g/mol. The van der Waals surface area contributed by atoms with E-state index >= 15 is 0 Å². The van der Waals surface area contributed by atoms with Gasteiger partial charge in [0.05, 0.1) is 24.8 Å². The van der Waals surface area contributed by atoms with Gasteiger partial charge in [-0.3, -0.25) is 9.69 Å².